The molecular formula is C20H21ClFN5O. The molecule has 0 bridgehead atoms. The molecule has 0 amide bonds. The summed E-state index contributed by atoms with van der Waals surface area (Å²) in [7, 11) is 1.69. The number of aromatic nitrogens is 2. The second-order valence-electron chi connectivity index (χ2n) is 6.21. The fourth-order valence-corrected chi connectivity index (χ4v) is 2.80. The van der Waals surface area contributed by atoms with Gasteiger partial charge in [-0.1, -0.05) is 41.0 Å². The predicted octanol–water partition coefficient (Wildman–Crippen LogP) is 3.75. The van der Waals surface area contributed by atoms with Gasteiger partial charge in [0.15, 0.2) is 5.96 Å². The SMILES string of the molecule is CN=C(NCCc1nc(-c2cccc(Cl)c2)no1)NCc1ccc(F)c(C)c1. The van der Waals surface area contributed by atoms with Crippen molar-refractivity contribution in [2.75, 3.05) is 13.6 Å². The summed E-state index contributed by atoms with van der Waals surface area (Å²) in [5, 5.41) is 11.0. The van der Waals surface area contributed by atoms with Crippen LogP contribution in [0.3, 0.4) is 0 Å². The number of guanidine groups is 1. The second kappa shape index (κ2) is 9.32. The van der Waals surface area contributed by atoms with Crippen molar-refractivity contribution in [3.05, 3.63) is 70.3 Å². The molecule has 0 aliphatic heterocycles. The summed E-state index contributed by atoms with van der Waals surface area (Å²) in [6, 6.07) is 12.3. The van der Waals surface area contributed by atoms with Gasteiger partial charge in [0.05, 0.1) is 0 Å². The number of aliphatic imine (C=N–C) groups is 1. The van der Waals surface area contributed by atoms with Gasteiger partial charge in [0.1, 0.15) is 5.82 Å². The first-order valence-corrected chi connectivity index (χ1v) is 9.21. The van der Waals surface area contributed by atoms with E-state index in [0.717, 1.165) is 11.1 Å². The van der Waals surface area contributed by atoms with E-state index >= 15 is 0 Å². The van der Waals surface area contributed by atoms with E-state index in [4.69, 9.17) is 16.1 Å². The zero-order chi connectivity index (χ0) is 19.9. The summed E-state index contributed by atoms with van der Waals surface area (Å²) in [5.41, 5.74) is 2.40. The van der Waals surface area contributed by atoms with E-state index in [-0.39, 0.29) is 5.82 Å². The maximum atomic E-state index is 13.3. The van der Waals surface area contributed by atoms with Crippen LogP contribution >= 0.6 is 11.6 Å². The minimum Gasteiger partial charge on any atom is -0.356 e. The molecule has 2 N–H and O–H groups in total. The monoisotopic (exact) mass is 401 g/mol. The summed E-state index contributed by atoms with van der Waals surface area (Å²) in [6.45, 7) is 2.85. The number of rotatable bonds is 6. The van der Waals surface area contributed by atoms with Crippen LogP contribution in [0.15, 0.2) is 52.0 Å². The van der Waals surface area contributed by atoms with E-state index in [1.807, 2.05) is 18.2 Å². The largest absolute Gasteiger partial charge is 0.356 e. The van der Waals surface area contributed by atoms with Crippen molar-refractivity contribution in [3.8, 4) is 11.4 Å². The molecule has 2 aromatic carbocycles. The lowest BCUT2D eigenvalue weighted by molar-refractivity contribution is 0.378. The Labute approximate surface area is 167 Å². The molecule has 0 saturated carbocycles. The van der Waals surface area contributed by atoms with Gasteiger partial charge < -0.3 is 15.2 Å². The Hall–Kier alpha value is -2.93. The molecule has 1 aromatic heterocycles. The molecule has 28 heavy (non-hydrogen) atoms. The Balaban J connectivity index is 1.49. The Morgan fingerprint density at radius 2 is 2.07 bits per heavy atom. The number of benzene rings is 2. The normalized spacial score (nSPS) is 11.5. The average molecular weight is 402 g/mol. The smallest absolute Gasteiger partial charge is 0.228 e. The lowest BCUT2D eigenvalue weighted by Crippen LogP contribution is -2.37. The van der Waals surface area contributed by atoms with Crippen LogP contribution in [0.1, 0.15) is 17.0 Å². The van der Waals surface area contributed by atoms with Crippen LogP contribution in [0.25, 0.3) is 11.4 Å². The molecule has 0 aliphatic rings. The fourth-order valence-electron chi connectivity index (χ4n) is 2.61. The van der Waals surface area contributed by atoms with Gasteiger partial charge in [0.2, 0.25) is 11.7 Å². The minimum absolute atomic E-state index is 0.206. The lowest BCUT2D eigenvalue weighted by Gasteiger charge is -2.11. The van der Waals surface area contributed by atoms with Gasteiger partial charge in [-0.2, -0.15) is 4.98 Å². The maximum absolute atomic E-state index is 13.3. The molecule has 0 saturated heterocycles. The van der Waals surface area contributed by atoms with E-state index in [1.165, 1.54) is 6.07 Å². The van der Waals surface area contributed by atoms with Crippen molar-refractivity contribution in [2.24, 2.45) is 4.99 Å². The van der Waals surface area contributed by atoms with Crippen LogP contribution in [-0.2, 0) is 13.0 Å². The highest BCUT2D eigenvalue weighted by Gasteiger charge is 2.09. The molecule has 0 fully saturated rings. The van der Waals surface area contributed by atoms with E-state index in [2.05, 4.69) is 25.8 Å². The highest BCUT2D eigenvalue weighted by molar-refractivity contribution is 6.30. The predicted molar refractivity (Wildman–Crippen MR) is 108 cm³/mol. The second-order valence-corrected chi connectivity index (χ2v) is 6.64. The Morgan fingerprint density at radius 1 is 1.21 bits per heavy atom. The standard InChI is InChI=1S/C20H21ClFN5O/c1-13-10-14(6-7-17(13)22)12-25-20(23-2)24-9-8-18-26-19(27-28-18)15-4-3-5-16(21)11-15/h3-7,10-11H,8-9,12H2,1-2H3,(H2,23,24,25). The molecule has 146 valence electrons. The topological polar surface area (TPSA) is 75.3 Å². The van der Waals surface area contributed by atoms with Crippen LogP contribution in [0.5, 0.6) is 0 Å². The van der Waals surface area contributed by atoms with Crippen LogP contribution in [0.2, 0.25) is 5.02 Å². The maximum Gasteiger partial charge on any atom is 0.228 e. The van der Waals surface area contributed by atoms with Crippen LogP contribution in [0.4, 0.5) is 4.39 Å². The molecule has 1 heterocycles. The Morgan fingerprint density at radius 3 is 2.82 bits per heavy atom. The molecule has 0 spiro atoms. The van der Waals surface area contributed by atoms with Crippen molar-refractivity contribution >= 4 is 17.6 Å². The molecule has 6 nitrogen and oxygen atoms in total. The molecule has 3 aromatic rings. The average Bonchev–Trinajstić information content (AvgIpc) is 3.16. The Bertz CT molecular complexity index is 973. The van der Waals surface area contributed by atoms with E-state index < -0.39 is 0 Å². The zero-order valence-electron chi connectivity index (χ0n) is 15.7. The highest BCUT2D eigenvalue weighted by Crippen LogP contribution is 2.19. The number of halogens is 2. The quantitative estimate of drug-likeness (QED) is 0.486. The van der Waals surface area contributed by atoms with Crippen molar-refractivity contribution in [1.82, 2.24) is 20.8 Å². The first-order valence-electron chi connectivity index (χ1n) is 8.83. The third kappa shape index (κ3) is 5.29. The van der Waals surface area contributed by atoms with Gasteiger partial charge >= 0.3 is 0 Å². The first kappa shape index (κ1) is 19.8. The van der Waals surface area contributed by atoms with Crippen molar-refractivity contribution in [1.29, 1.82) is 0 Å². The third-order valence-corrected chi connectivity index (χ3v) is 4.32. The van der Waals surface area contributed by atoms with Gasteiger partial charge in [0.25, 0.3) is 0 Å². The molecule has 0 radical (unpaired) electrons. The summed E-state index contributed by atoms with van der Waals surface area (Å²) in [6.07, 6.45) is 0.546. The third-order valence-electron chi connectivity index (χ3n) is 4.09. The molecule has 0 unspecified atom stereocenters. The Kier molecular flexibility index (Phi) is 6.60. The van der Waals surface area contributed by atoms with Crippen LogP contribution < -0.4 is 10.6 Å². The molecule has 0 aliphatic carbocycles. The number of hydrogen-bond acceptors (Lipinski definition) is 4. The number of nitrogens with zero attached hydrogens (tertiary/aromatic N) is 3. The minimum atomic E-state index is -0.206. The van der Waals surface area contributed by atoms with Crippen molar-refractivity contribution < 1.29 is 8.91 Å². The van der Waals surface area contributed by atoms with E-state index in [0.29, 0.717) is 47.8 Å². The fraction of sp³-hybridized carbons (Fsp3) is 0.250. The molecule has 8 heteroatoms. The number of aryl methyl sites for hydroxylation is 1. The van der Waals surface area contributed by atoms with Crippen LogP contribution in [0, 0.1) is 12.7 Å². The van der Waals surface area contributed by atoms with Gasteiger partial charge in [0, 0.05) is 37.1 Å². The molecule has 3 rings (SSSR count). The lowest BCUT2D eigenvalue weighted by atomic mass is 10.1. The van der Waals surface area contributed by atoms with Crippen molar-refractivity contribution in [3.63, 3.8) is 0 Å². The summed E-state index contributed by atoms with van der Waals surface area (Å²) < 4.78 is 18.6. The summed E-state index contributed by atoms with van der Waals surface area (Å²) in [4.78, 5) is 8.56. The van der Waals surface area contributed by atoms with Crippen LogP contribution in [-0.4, -0.2) is 29.7 Å². The van der Waals surface area contributed by atoms with Gasteiger partial charge in [-0.25, -0.2) is 4.39 Å². The first-order chi connectivity index (χ1) is 13.5. The summed E-state index contributed by atoms with van der Waals surface area (Å²) >= 11 is 5.99. The van der Waals surface area contributed by atoms with Gasteiger partial charge in [-0.3, -0.25) is 4.99 Å². The highest BCUT2D eigenvalue weighted by atomic mass is 35.5. The van der Waals surface area contributed by atoms with E-state index in [9.17, 15) is 4.39 Å². The molecular weight excluding hydrogens is 381 g/mol. The molecule has 0 atom stereocenters. The number of nitrogens with one attached hydrogen (secondary N) is 2. The van der Waals surface area contributed by atoms with Gasteiger partial charge in [-0.05, 0) is 36.2 Å². The summed E-state index contributed by atoms with van der Waals surface area (Å²) in [5.74, 6) is 1.46. The van der Waals surface area contributed by atoms with Crippen molar-refractivity contribution in [2.45, 2.75) is 19.9 Å². The van der Waals surface area contributed by atoms with E-state index in [1.54, 1.807) is 32.2 Å². The zero-order valence-corrected chi connectivity index (χ0v) is 16.4. The van der Waals surface area contributed by atoms with Gasteiger partial charge in [-0.15, -0.1) is 0 Å². The number of hydrogen-bond donors (Lipinski definition) is 2.